The van der Waals surface area contributed by atoms with Crippen molar-refractivity contribution in [2.45, 2.75) is 44.8 Å². The van der Waals surface area contributed by atoms with Crippen molar-refractivity contribution in [1.29, 1.82) is 0 Å². The summed E-state index contributed by atoms with van der Waals surface area (Å²) in [4.78, 5) is 20.0. The molecule has 2 aliphatic rings. The molecule has 1 fully saturated rings. The summed E-state index contributed by atoms with van der Waals surface area (Å²) in [6.07, 6.45) is 8.59. The van der Waals surface area contributed by atoms with E-state index in [-0.39, 0.29) is 0 Å². The van der Waals surface area contributed by atoms with E-state index in [1.54, 1.807) is 0 Å². The summed E-state index contributed by atoms with van der Waals surface area (Å²) in [6, 6.07) is 2.46. The molecule has 2 aromatic rings. The van der Waals surface area contributed by atoms with Crippen LogP contribution in [0.3, 0.4) is 0 Å². The average Bonchev–Trinajstić information content (AvgIpc) is 3.24. The first-order valence-corrected chi connectivity index (χ1v) is 9.25. The predicted molar refractivity (Wildman–Crippen MR) is 91.3 cm³/mol. The molecule has 0 amide bonds. The zero-order valence-corrected chi connectivity index (χ0v) is 14.4. The van der Waals surface area contributed by atoms with Crippen LogP contribution in [0.2, 0.25) is 0 Å². The molecule has 1 aliphatic heterocycles. The molecule has 4 rings (SSSR count). The highest BCUT2D eigenvalue weighted by Crippen LogP contribution is 2.29. The number of aromatic nitrogens is 3. The van der Waals surface area contributed by atoms with E-state index in [2.05, 4.69) is 26.8 Å². The van der Waals surface area contributed by atoms with E-state index in [9.17, 15) is 0 Å². The van der Waals surface area contributed by atoms with E-state index in [1.807, 2.05) is 29.8 Å². The molecular formula is C17H23N5S. The van der Waals surface area contributed by atoms with E-state index in [0.717, 1.165) is 32.0 Å². The van der Waals surface area contributed by atoms with Crippen LogP contribution in [-0.4, -0.2) is 50.9 Å². The number of thiazole rings is 1. The standard InChI is InChI=1S/C17H23N5S/c1-21(11-16-18-7-3-8-19-16)13-6-9-22(10-13)12-17-20-14-4-2-5-15(14)23-17/h3,7-8,13H,2,4-6,9-12H2,1H3/t13-/m0/s1. The van der Waals surface area contributed by atoms with Gasteiger partial charge in [0.05, 0.1) is 18.8 Å². The monoisotopic (exact) mass is 329 g/mol. The van der Waals surface area contributed by atoms with E-state index in [1.165, 1.54) is 41.3 Å². The van der Waals surface area contributed by atoms with Gasteiger partial charge in [0.2, 0.25) is 0 Å². The van der Waals surface area contributed by atoms with Crippen molar-refractivity contribution in [2.24, 2.45) is 0 Å². The molecule has 23 heavy (non-hydrogen) atoms. The second-order valence-electron chi connectivity index (χ2n) is 6.59. The summed E-state index contributed by atoms with van der Waals surface area (Å²) in [5.41, 5.74) is 1.37. The van der Waals surface area contributed by atoms with Gasteiger partial charge >= 0.3 is 0 Å². The molecule has 0 saturated carbocycles. The summed E-state index contributed by atoms with van der Waals surface area (Å²) >= 11 is 1.93. The van der Waals surface area contributed by atoms with Crippen molar-refractivity contribution < 1.29 is 0 Å². The van der Waals surface area contributed by atoms with Crippen molar-refractivity contribution >= 4 is 11.3 Å². The van der Waals surface area contributed by atoms with Crippen LogP contribution in [0, 0.1) is 0 Å². The van der Waals surface area contributed by atoms with Crippen LogP contribution < -0.4 is 0 Å². The molecule has 3 heterocycles. The Labute approximate surface area is 141 Å². The Morgan fingerprint density at radius 3 is 3.00 bits per heavy atom. The van der Waals surface area contributed by atoms with Crippen molar-refractivity contribution in [3.63, 3.8) is 0 Å². The number of rotatable bonds is 5. The van der Waals surface area contributed by atoms with Crippen LogP contribution in [0.25, 0.3) is 0 Å². The zero-order chi connectivity index (χ0) is 15.6. The fourth-order valence-electron chi connectivity index (χ4n) is 3.58. The van der Waals surface area contributed by atoms with Crippen LogP contribution in [0.1, 0.15) is 34.2 Å². The molecule has 122 valence electrons. The third-order valence-electron chi connectivity index (χ3n) is 4.88. The molecule has 0 bridgehead atoms. The third-order valence-corrected chi connectivity index (χ3v) is 6.02. The van der Waals surface area contributed by atoms with Crippen LogP contribution in [-0.2, 0) is 25.9 Å². The van der Waals surface area contributed by atoms with Gasteiger partial charge < -0.3 is 0 Å². The summed E-state index contributed by atoms with van der Waals surface area (Å²) < 4.78 is 0. The maximum atomic E-state index is 4.84. The van der Waals surface area contributed by atoms with Crippen molar-refractivity contribution in [1.82, 2.24) is 24.8 Å². The van der Waals surface area contributed by atoms with Gasteiger partial charge in [-0.05, 0) is 38.8 Å². The third kappa shape index (κ3) is 3.44. The normalized spacial score (nSPS) is 21.2. The second-order valence-corrected chi connectivity index (χ2v) is 7.76. The summed E-state index contributed by atoms with van der Waals surface area (Å²) in [7, 11) is 2.18. The fraction of sp³-hybridized carbons (Fsp3) is 0.588. The molecule has 5 nitrogen and oxygen atoms in total. The number of hydrogen-bond donors (Lipinski definition) is 0. The number of fused-ring (bicyclic) bond motifs is 1. The van der Waals surface area contributed by atoms with Gasteiger partial charge in [0.1, 0.15) is 10.8 Å². The van der Waals surface area contributed by atoms with Crippen molar-refractivity contribution in [3.8, 4) is 0 Å². The van der Waals surface area contributed by atoms with Crippen molar-refractivity contribution in [2.75, 3.05) is 20.1 Å². The number of likely N-dealkylation sites (tertiary alicyclic amines) is 1. The fourth-order valence-corrected chi connectivity index (χ4v) is 4.78. The molecule has 0 unspecified atom stereocenters. The first-order valence-electron chi connectivity index (χ1n) is 8.44. The maximum Gasteiger partial charge on any atom is 0.142 e. The Hall–Kier alpha value is -1.37. The van der Waals surface area contributed by atoms with Crippen LogP contribution >= 0.6 is 11.3 Å². The Morgan fingerprint density at radius 1 is 1.30 bits per heavy atom. The molecule has 2 aromatic heterocycles. The van der Waals surface area contributed by atoms with E-state index >= 15 is 0 Å². The van der Waals surface area contributed by atoms with Gasteiger partial charge in [-0.25, -0.2) is 15.0 Å². The molecule has 1 aliphatic carbocycles. The van der Waals surface area contributed by atoms with Crippen LogP contribution in [0.15, 0.2) is 18.5 Å². The lowest BCUT2D eigenvalue weighted by Crippen LogP contribution is -2.34. The molecule has 0 spiro atoms. The minimum atomic E-state index is 0.589. The highest BCUT2D eigenvalue weighted by atomic mass is 32.1. The summed E-state index contributed by atoms with van der Waals surface area (Å²) in [5.74, 6) is 0.907. The Kier molecular flexibility index (Phi) is 4.37. The number of hydrogen-bond acceptors (Lipinski definition) is 6. The van der Waals surface area contributed by atoms with Gasteiger partial charge in [-0.3, -0.25) is 9.80 Å². The maximum absolute atomic E-state index is 4.84. The minimum absolute atomic E-state index is 0.589. The van der Waals surface area contributed by atoms with E-state index < -0.39 is 0 Å². The second kappa shape index (κ2) is 6.63. The quantitative estimate of drug-likeness (QED) is 0.841. The lowest BCUT2D eigenvalue weighted by atomic mass is 10.2. The Morgan fingerprint density at radius 2 is 2.17 bits per heavy atom. The Balaban J connectivity index is 1.31. The van der Waals surface area contributed by atoms with Gasteiger partial charge in [-0.2, -0.15) is 0 Å². The van der Waals surface area contributed by atoms with Gasteiger partial charge in [0.25, 0.3) is 0 Å². The highest BCUT2D eigenvalue weighted by molar-refractivity contribution is 7.11. The Bertz CT molecular complexity index is 635. The molecule has 0 N–H and O–H groups in total. The molecular weight excluding hydrogens is 306 g/mol. The van der Waals surface area contributed by atoms with Gasteiger partial charge in [0, 0.05) is 36.4 Å². The van der Waals surface area contributed by atoms with Gasteiger partial charge in [0.15, 0.2) is 0 Å². The molecule has 0 aromatic carbocycles. The van der Waals surface area contributed by atoms with Gasteiger partial charge in [-0.15, -0.1) is 11.3 Å². The molecule has 0 radical (unpaired) electrons. The number of nitrogens with zero attached hydrogens (tertiary/aromatic N) is 5. The van der Waals surface area contributed by atoms with E-state index in [4.69, 9.17) is 4.98 Å². The number of aryl methyl sites for hydroxylation is 2. The first-order chi connectivity index (χ1) is 11.3. The SMILES string of the molecule is CN(Cc1ncccn1)[C@H]1CCN(Cc2nc3c(s2)CCC3)C1. The molecule has 6 heteroatoms. The van der Waals surface area contributed by atoms with Crippen LogP contribution in [0.4, 0.5) is 0 Å². The predicted octanol–water partition coefficient (Wildman–Crippen LogP) is 2.13. The first kappa shape index (κ1) is 15.2. The van der Waals surface area contributed by atoms with Crippen molar-refractivity contribution in [3.05, 3.63) is 39.9 Å². The molecule has 1 atom stereocenters. The zero-order valence-electron chi connectivity index (χ0n) is 13.6. The smallest absolute Gasteiger partial charge is 0.142 e. The largest absolute Gasteiger partial charge is 0.295 e. The van der Waals surface area contributed by atoms with Crippen LogP contribution in [0.5, 0.6) is 0 Å². The topological polar surface area (TPSA) is 45.2 Å². The minimum Gasteiger partial charge on any atom is -0.295 e. The average molecular weight is 329 g/mol. The van der Waals surface area contributed by atoms with E-state index in [0.29, 0.717) is 6.04 Å². The lowest BCUT2D eigenvalue weighted by molar-refractivity contribution is 0.218. The lowest BCUT2D eigenvalue weighted by Gasteiger charge is -2.23. The summed E-state index contributed by atoms with van der Waals surface area (Å²) in [6.45, 7) is 4.12. The number of likely N-dealkylation sites (N-methyl/N-ethyl adjacent to an activating group) is 1. The van der Waals surface area contributed by atoms with Gasteiger partial charge in [-0.1, -0.05) is 0 Å². The highest BCUT2D eigenvalue weighted by Gasteiger charge is 2.27. The molecule has 1 saturated heterocycles. The summed E-state index contributed by atoms with van der Waals surface area (Å²) in [5, 5.41) is 1.31.